The van der Waals surface area contributed by atoms with E-state index >= 15 is 0 Å². The fraction of sp³-hybridized carbons (Fsp3) is 0.150. The largest absolute Gasteiger partial charge is 0.496 e. The van der Waals surface area contributed by atoms with E-state index in [1.807, 2.05) is 49.4 Å². The third-order valence-corrected chi connectivity index (χ3v) is 4.96. The molecule has 128 valence electrons. The second-order valence-electron chi connectivity index (χ2n) is 5.80. The van der Waals surface area contributed by atoms with E-state index in [4.69, 9.17) is 16.3 Å². The molecule has 1 N–H and O–H groups in total. The number of rotatable bonds is 4. The number of anilines is 1. The van der Waals surface area contributed by atoms with Crippen molar-refractivity contribution in [2.45, 2.75) is 13.3 Å². The van der Waals surface area contributed by atoms with Gasteiger partial charge in [-0.1, -0.05) is 45.7 Å². The van der Waals surface area contributed by atoms with Gasteiger partial charge in [-0.2, -0.15) is 0 Å². The molecule has 0 heterocycles. The van der Waals surface area contributed by atoms with Gasteiger partial charge in [-0.25, -0.2) is 0 Å². The average molecular weight is 419 g/mol. The van der Waals surface area contributed by atoms with Gasteiger partial charge in [0.15, 0.2) is 0 Å². The Labute approximate surface area is 160 Å². The Bertz CT molecular complexity index is 956. The van der Waals surface area contributed by atoms with E-state index in [1.54, 1.807) is 13.2 Å². The Kier molecular flexibility index (Phi) is 5.30. The average Bonchev–Trinajstić information content (AvgIpc) is 2.58. The first kappa shape index (κ1) is 17.8. The maximum atomic E-state index is 12.5. The van der Waals surface area contributed by atoms with Gasteiger partial charge in [-0.3, -0.25) is 4.79 Å². The van der Waals surface area contributed by atoms with Crippen molar-refractivity contribution in [2.75, 3.05) is 12.4 Å². The van der Waals surface area contributed by atoms with E-state index in [0.717, 1.165) is 26.4 Å². The zero-order valence-corrected chi connectivity index (χ0v) is 16.2. The van der Waals surface area contributed by atoms with Gasteiger partial charge in [-0.15, -0.1) is 0 Å². The van der Waals surface area contributed by atoms with Gasteiger partial charge in [-0.05, 0) is 53.6 Å². The predicted octanol–water partition coefficient (Wildman–Crippen LogP) is 5.75. The Hall–Kier alpha value is -2.04. The summed E-state index contributed by atoms with van der Waals surface area (Å²) < 4.78 is 6.45. The predicted molar refractivity (Wildman–Crippen MR) is 107 cm³/mol. The molecule has 0 aliphatic heterocycles. The van der Waals surface area contributed by atoms with Crippen LogP contribution in [0.3, 0.4) is 0 Å². The normalized spacial score (nSPS) is 10.7. The minimum absolute atomic E-state index is 0.117. The van der Waals surface area contributed by atoms with Gasteiger partial charge in [0.1, 0.15) is 5.75 Å². The summed E-state index contributed by atoms with van der Waals surface area (Å²) in [5, 5.41) is 5.58. The highest BCUT2D eigenvalue weighted by Gasteiger charge is 2.13. The Balaban J connectivity index is 1.90. The Morgan fingerprint density at radius 1 is 1.16 bits per heavy atom. The number of carbonyl (C=O) groups is 1. The van der Waals surface area contributed by atoms with Crippen molar-refractivity contribution < 1.29 is 9.53 Å². The summed E-state index contributed by atoms with van der Waals surface area (Å²) in [6.45, 7) is 1.92. The quantitative estimate of drug-likeness (QED) is 0.585. The van der Waals surface area contributed by atoms with Crippen molar-refractivity contribution >= 4 is 49.9 Å². The second-order valence-corrected chi connectivity index (χ2v) is 7.12. The standard InChI is InChI=1S/C20H17BrClNO2/c1-12-3-6-15(10-18(12)22)23-20(24)11-17-16-7-5-14(21)9-13(16)4-8-19(17)25-2/h3-10H,11H2,1-2H3,(H,23,24). The van der Waals surface area contributed by atoms with E-state index in [-0.39, 0.29) is 12.3 Å². The van der Waals surface area contributed by atoms with Crippen molar-refractivity contribution in [1.82, 2.24) is 0 Å². The molecule has 0 atom stereocenters. The van der Waals surface area contributed by atoms with Crippen LogP contribution >= 0.6 is 27.5 Å². The van der Waals surface area contributed by atoms with Gasteiger partial charge >= 0.3 is 0 Å². The van der Waals surface area contributed by atoms with E-state index in [0.29, 0.717) is 16.5 Å². The fourth-order valence-corrected chi connectivity index (χ4v) is 3.31. The first-order valence-electron chi connectivity index (χ1n) is 7.79. The second kappa shape index (κ2) is 7.46. The zero-order chi connectivity index (χ0) is 18.0. The van der Waals surface area contributed by atoms with E-state index < -0.39 is 0 Å². The lowest BCUT2D eigenvalue weighted by Gasteiger charge is -2.13. The highest BCUT2D eigenvalue weighted by molar-refractivity contribution is 9.10. The van der Waals surface area contributed by atoms with Crippen LogP contribution in [0.25, 0.3) is 10.8 Å². The van der Waals surface area contributed by atoms with Crippen LogP contribution in [0.1, 0.15) is 11.1 Å². The Morgan fingerprint density at radius 3 is 2.68 bits per heavy atom. The number of benzene rings is 3. The van der Waals surface area contributed by atoms with Crippen molar-refractivity contribution in [1.29, 1.82) is 0 Å². The minimum Gasteiger partial charge on any atom is -0.496 e. The molecule has 0 fully saturated rings. The molecule has 0 aliphatic rings. The number of hydrogen-bond acceptors (Lipinski definition) is 2. The number of methoxy groups -OCH3 is 1. The van der Waals surface area contributed by atoms with Crippen LogP contribution in [-0.4, -0.2) is 13.0 Å². The molecule has 3 rings (SSSR count). The summed E-state index contributed by atoms with van der Waals surface area (Å²) in [4.78, 5) is 12.5. The van der Waals surface area contributed by atoms with Gasteiger partial charge in [0.05, 0.1) is 13.5 Å². The third kappa shape index (κ3) is 3.97. The molecule has 25 heavy (non-hydrogen) atoms. The van der Waals surface area contributed by atoms with Crippen LogP contribution in [0.2, 0.25) is 5.02 Å². The minimum atomic E-state index is -0.117. The smallest absolute Gasteiger partial charge is 0.228 e. The summed E-state index contributed by atoms with van der Waals surface area (Å²) in [6.07, 6.45) is 0.216. The van der Waals surface area contributed by atoms with Gasteiger partial charge in [0.25, 0.3) is 0 Å². The molecule has 0 unspecified atom stereocenters. The number of amides is 1. The van der Waals surface area contributed by atoms with Crippen LogP contribution in [0.15, 0.2) is 53.0 Å². The first-order chi connectivity index (χ1) is 12.0. The van der Waals surface area contributed by atoms with Crippen molar-refractivity contribution in [3.05, 3.63) is 69.2 Å². The fourth-order valence-electron chi connectivity index (χ4n) is 2.76. The molecule has 3 nitrogen and oxygen atoms in total. The van der Waals surface area contributed by atoms with Gasteiger partial charge < -0.3 is 10.1 Å². The lowest BCUT2D eigenvalue weighted by Crippen LogP contribution is -2.15. The van der Waals surface area contributed by atoms with Crippen LogP contribution in [0.4, 0.5) is 5.69 Å². The maximum Gasteiger partial charge on any atom is 0.228 e. The SMILES string of the molecule is COc1ccc2cc(Br)ccc2c1CC(=O)Nc1ccc(C)c(Cl)c1. The first-order valence-corrected chi connectivity index (χ1v) is 8.96. The van der Waals surface area contributed by atoms with Crippen LogP contribution in [-0.2, 0) is 11.2 Å². The lowest BCUT2D eigenvalue weighted by molar-refractivity contribution is -0.115. The lowest BCUT2D eigenvalue weighted by atomic mass is 10.0. The molecule has 0 saturated carbocycles. The molecule has 3 aromatic carbocycles. The summed E-state index contributed by atoms with van der Waals surface area (Å²) in [5.74, 6) is 0.584. The summed E-state index contributed by atoms with van der Waals surface area (Å²) >= 11 is 9.60. The summed E-state index contributed by atoms with van der Waals surface area (Å²) in [7, 11) is 1.61. The number of hydrogen-bond donors (Lipinski definition) is 1. The molecule has 0 aliphatic carbocycles. The highest BCUT2D eigenvalue weighted by atomic mass is 79.9. The van der Waals surface area contributed by atoms with Crippen LogP contribution < -0.4 is 10.1 Å². The van der Waals surface area contributed by atoms with E-state index in [2.05, 4.69) is 21.2 Å². The van der Waals surface area contributed by atoms with Crippen LogP contribution in [0, 0.1) is 6.92 Å². The van der Waals surface area contributed by atoms with Gasteiger partial charge in [0, 0.05) is 20.7 Å². The molecule has 0 bridgehead atoms. The monoisotopic (exact) mass is 417 g/mol. The number of nitrogens with one attached hydrogen (secondary N) is 1. The highest BCUT2D eigenvalue weighted by Crippen LogP contribution is 2.30. The van der Waals surface area contributed by atoms with Crippen molar-refractivity contribution in [3.8, 4) is 5.75 Å². The molecular weight excluding hydrogens is 402 g/mol. The summed E-state index contributed by atoms with van der Waals surface area (Å²) in [6, 6.07) is 15.3. The number of halogens is 2. The number of aryl methyl sites for hydroxylation is 1. The Morgan fingerprint density at radius 2 is 1.96 bits per heavy atom. The number of fused-ring (bicyclic) bond motifs is 1. The zero-order valence-electron chi connectivity index (χ0n) is 13.9. The number of ether oxygens (including phenoxy) is 1. The molecule has 0 radical (unpaired) electrons. The van der Waals surface area contributed by atoms with Crippen LogP contribution in [0.5, 0.6) is 5.75 Å². The van der Waals surface area contributed by atoms with Crippen molar-refractivity contribution in [2.24, 2.45) is 0 Å². The molecule has 0 spiro atoms. The van der Waals surface area contributed by atoms with Gasteiger partial charge in [0.2, 0.25) is 5.91 Å². The molecule has 0 saturated heterocycles. The van der Waals surface area contributed by atoms with E-state index in [9.17, 15) is 4.79 Å². The summed E-state index contributed by atoms with van der Waals surface area (Å²) in [5.41, 5.74) is 2.52. The molecule has 5 heteroatoms. The molecule has 1 amide bonds. The molecule has 0 aromatic heterocycles. The number of carbonyl (C=O) groups excluding carboxylic acids is 1. The molecular formula is C20H17BrClNO2. The molecule has 3 aromatic rings. The van der Waals surface area contributed by atoms with E-state index in [1.165, 1.54) is 0 Å². The topological polar surface area (TPSA) is 38.3 Å². The maximum absolute atomic E-state index is 12.5. The third-order valence-electron chi connectivity index (χ3n) is 4.06. The van der Waals surface area contributed by atoms with Crippen molar-refractivity contribution in [3.63, 3.8) is 0 Å².